The monoisotopic (exact) mass is 397 g/mol. The number of aryl methyl sites for hydroxylation is 1. The fourth-order valence-electron chi connectivity index (χ4n) is 3.54. The Morgan fingerprint density at radius 3 is 2.30 bits per heavy atom. The lowest BCUT2D eigenvalue weighted by Crippen LogP contribution is -2.14. The van der Waals surface area contributed by atoms with Crippen LogP contribution < -0.4 is 0 Å². The van der Waals surface area contributed by atoms with E-state index in [4.69, 9.17) is 4.74 Å². The second kappa shape index (κ2) is 9.23. The van der Waals surface area contributed by atoms with Gasteiger partial charge in [0.15, 0.2) is 12.4 Å². The van der Waals surface area contributed by atoms with E-state index in [2.05, 4.69) is 11.1 Å². The van der Waals surface area contributed by atoms with Gasteiger partial charge in [0.1, 0.15) is 0 Å². The van der Waals surface area contributed by atoms with Crippen molar-refractivity contribution in [2.45, 2.75) is 19.3 Å². The van der Waals surface area contributed by atoms with Crippen molar-refractivity contribution in [3.8, 4) is 11.1 Å². The van der Waals surface area contributed by atoms with Gasteiger partial charge in [0.2, 0.25) is 0 Å². The molecule has 4 nitrogen and oxygen atoms in total. The first kappa shape index (κ1) is 19.6. The zero-order valence-electron chi connectivity index (χ0n) is 16.6. The average molecular weight is 397 g/mol. The number of carbonyl (C=O) groups excluding carboxylic acids is 2. The molecule has 4 heteroatoms. The van der Waals surface area contributed by atoms with Crippen LogP contribution in [-0.4, -0.2) is 23.3 Å². The number of fused-ring (bicyclic) bond motifs is 1. The maximum absolute atomic E-state index is 12.3. The van der Waals surface area contributed by atoms with Crippen LogP contribution in [0, 0.1) is 0 Å². The molecule has 0 radical (unpaired) electrons. The predicted molar refractivity (Wildman–Crippen MR) is 118 cm³/mol. The van der Waals surface area contributed by atoms with Gasteiger partial charge in [-0.1, -0.05) is 72.8 Å². The van der Waals surface area contributed by atoms with Crippen molar-refractivity contribution in [1.82, 2.24) is 4.98 Å². The van der Waals surface area contributed by atoms with Crippen LogP contribution in [0.5, 0.6) is 0 Å². The van der Waals surface area contributed by atoms with Gasteiger partial charge in [0.05, 0.1) is 0 Å². The second-order valence-corrected chi connectivity index (χ2v) is 7.24. The van der Waals surface area contributed by atoms with Crippen LogP contribution >= 0.6 is 0 Å². The first-order valence-electron chi connectivity index (χ1n) is 10.1. The molecule has 0 aliphatic carbocycles. The number of aromatic amines is 1. The van der Waals surface area contributed by atoms with Crippen molar-refractivity contribution in [1.29, 1.82) is 0 Å². The largest absolute Gasteiger partial charge is 0.457 e. The van der Waals surface area contributed by atoms with E-state index in [0.717, 1.165) is 23.1 Å². The summed E-state index contributed by atoms with van der Waals surface area (Å²) < 4.78 is 5.18. The Labute approximate surface area is 175 Å². The van der Waals surface area contributed by atoms with Gasteiger partial charge in [-0.15, -0.1) is 0 Å². The van der Waals surface area contributed by atoms with E-state index in [1.165, 1.54) is 10.9 Å². The van der Waals surface area contributed by atoms with E-state index < -0.39 is 0 Å². The summed E-state index contributed by atoms with van der Waals surface area (Å²) in [7, 11) is 0. The molecule has 0 amide bonds. The number of benzene rings is 3. The van der Waals surface area contributed by atoms with Crippen molar-refractivity contribution in [2.24, 2.45) is 0 Å². The summed E-state index contributed by atoms with van der Waals surface area (Å²) >= 11 is 0. The maximum Gasteiger partial charge on any atom is 0.306 e. The number of H-pyrrole nitrogens is 1. The molecule has 0 saturated heterocycles. The van der Waals surface area contributed by atoms with Gasteiger partial charge in [0, 0.05) is 29.1 Å². The lowest BCUT2D eigenvalue weighted by Gasteiger charge is -2.06. The van der Waals surface area contributed by atoms with E-state index >= 15 is 0 Å². The number of esters is 1. The smallest absolute Gasteiger partial charge is 0.306 e. The van der Waals surface area contributed by atoms with E-state index in [1.54, 1.807) is 12.1 Å². The summed E-state index contributed by atoms with van der Waals surface area (Å²) in [4.78, 5) is 27.6. The predicted octanol–water partition coefficient (Wildman–Crippen LogP) is 5.58. The van der Waals surface area contributed by atoms with Crippen LogP contribution in [0.4, 0.5) is 0 Å². The summed E-state index contributed by atoms with van der Waals surface area (Å²) in [6, 6.07) is 25.4. The molecule has 0 fully saturated rings. The summed E-state index contributed by atoms with van der Waals surface area (Å²) in [6.07, 6.45) is 3.74. The Balaban J connectivity index is 1.24. The third-order valence-electron chi connectivity index (χ3n) is 5.18. The molecular formula is C26H23NO3. The zero-order valence-corrected chi connectivity index (χ0v) is 16.6. The number of ketones is 1. The molecule has 1 N–H and O–H groups in total. The lowest BCUT2D eigenvalue weighted by atomic mass is 10.0. The number of carbonyl (C=O) groups is 2. The molecule has 0 bridgehead atoms. The van der Waals surface area contributed by atoms with Gasteiger partial charge >= 0.3 is 5.97 Å². The molecule has 0 aliphatic rings. The number of para-hydroxylation sites is 1. The van der Waals surface area contributed by atoms with Gasteiger partial charge in [-0.3, -0.25) is 9.59 Å². The Morgan fingerprint density at radius 2 is 1.50 bits per heavy atom. The Hall–Kier alpha value is -3.66. The number of Topliss-reactive ketones (excluding diaryl/α,β-unsaturated/α-hetero) is 1. The van der Waals surface area contributed by atoms with Gasteiger partial charge < -0.3 is 9.72 Å². The van der Waals surface area contributed by atoms with Gasteiger partial charge in [-0.25, -0.2) is 0 Å². The molecule has 4 rings (SSSR count). The molecule has 0 aliphatic heterocycles. The van der Waals surface area contributed by atoms with Crippen molar-refractivity contribution in [3.63, 3.8) is 0 Å². The van der Waals surface area contributed by atoms with E-state index in [1.807, 2.05) is 66.9 Å². The van der Waals surface area contributed by atoms with Crippen LogP contribution in [0.25, 0.3) is 22.0 Å². The van der Waals surface area contributed by atoms with Gasteiger partial charge in [-0.05, 0) is 35.6 Å². The lowest BCUT2D eigenvalue weighted by molar-refractivity contribution is -0.142. The Kier molecular flexibility index (Phi) is 6.04. The number of nitrogens with one attached hydrogen (secondary N) is 1. The minimum atomic E-state index is -0.343. The van der Waals surface area contributed by atoms with Crippen molar-refractivity contribution >= 4 is 22.7 Å². The average Bonchev–Trinajstić information content (AvgIpc) is 3.21. The first-order valence-corrected chi connectivity index (χ1v) is 10.1. The van der Waals surface area contributed by atoms with Crippen molar-refractivity contribution in [2.75, 3.05) is 6.61 Å². The minimum absolute atomic E-state index is 0.195. The number of hydrogen-bond donors (Lipinski definition) is 1. The van der Waals surface area contributed by atoms with Gasteiger partial charge in [0.25, 0.3) is 0 Å². The van der Waals surface area contributed by atoms with E-state index in [9.17, 15) is 9.59 Å². The number of ether oxygens (including phenoxy) is 1. The molecule has 3 aromatic carbocycles. The molecule has 1 aromatic heterocycles. The third-order valence-corrected chi connectivity index (χ3v) is 5.18. The highest BCUT2D eigenvalue weighted by Gasteiger charge is 2.11. The maximum atomic E-state index is 12.3. The van der Waals surface area contributed by atoms with Crippen molar-refractivity contribution < 1.29 is 14.3 Å². The Bertz CT molecular complexity index is 1140. The second-order valence-electron chi connectivity index (χ2n) is 7.24. The molecule has 0 unspecified atom stereocenters. The molecule has 1 heterocycles. The van der Waals surface area contributed by atoms with E-state index in [0.29, 0.717) is 18.4 Å². The topological polar surface area (TPSA) is 59.2 Å². The first-order chi connectivity index (χ1) is 14.7. The zero-order chi connectivity index (χ0) is 20.8. The molecule has 30 heavy (non-hydrogen) atoms. The Morgan fingerprint density at radius 1 is 0.800 bits per heavy atom. The van der Waals surface area contributed by atoms with Crippen LogP contribution in [0.1, 0.15) is 28.8 Å². The van der Waals surface area contributed by atoms with Crippen molar-refractivity contribution in [3.05, 3.63) is 96.2 Å². The third kappa shape index (κ3) is 4.66. The summed E-state index contributed by atoms with van der Waals surface area (Å²) in [6.45, 7) is -0.226. The number of aromatic nitrogens is 1. The van der Waals surface area contributed by atoms with E-state index in [-0.39, 0.29) is 18.4 Å². The summed E-state index contributed by atoms with van der Waals surface area (Å²) in [5.74, 6) is -0.538. The quantitative estimate of drug-likeness (QED) is 0.312. The molecule has 0 atom stereocenters. The highest BCUT2D eigenvalue weighted by molar-refractivity contribution is 5.98. The SMILES string of the molecule is O=C(CCCc1c[nH]c2ccccc12)OCC(=O)c1ccc(-c2ccccc2)cc1. The fourth-order valence-corrected chi connectivity index (χ4v) is 3.54. The minimum Gasteiger partial charge on any atom is -0.457 e. The molecule has 0 saturated carbocycles. The summed E-state index contributed by atoms with van der Waals surface area (Å²) in [5.41, 5.74) is 4.97. The number of hydrogen-bond acceptors (Lipinski definition) is 3. The summed E-state index contributed by atoms with van der Waals surface area (Å²) in [5, 5.41) is 1.18. The van der Waals surface area contributed by atoms with Crippen LogP contribution in [0.15, 0.2) is 85.1 Å². The van der Waals surface area contributed by atoms with Crippen LogP contribution in [0.3, 0.4) is 0 Å². The van der Waals surface area contributed by atoms with Crippen LogP contribution in [-0.2, 0) is 16.0 Å². The highest BCUT2D eigenvalue weighted by atomic mass is 16.5. The highest BCUT2D eigenvalue weighted by Crippen LogP contribution is 2.20. The molecule has 4 aromatic rings. The number of rotatable bonds is 8. The normalized spacial score (nSPS) is 10.8. The molecular weight excluding hydrogens is 374 g/mol. The standard InChI is InChI=1S/C26H23NO3/c28-25(21-15-13-20(14-16-21)19-7-2-1-3-8-19)18-30-26(29)12-6-9-22-17-27-24-11-5-4-10-23(22)24/h1-5,7-8,10-11,13-17,27H,6,9,12,18H2. The van der Waals surface area contributed by atoms with Gasteiger partial charge in [-0.2, -0.15) is 0 Å². The molecule has 0 spiro atoms. The fraction of sp³-hybridized carbons (Fsp3) is 0.154. The van der Waals surface area contributed by atoms with Crippen LogP contribution in [0.2, 0.25) is 0 Å². The molecule has 150 valence electrons.